The van der Waals surface area contributed by atoms with E-state index in [0.29, 0.717) is 6.42 Å². The molecule has 5 heteroatoms. The number of hydrogen-bond acceptors (Lipinski definition) is 3. The van der Waals surface area contributed by atoms with Gasteiger partial charge in [-0.05, 0) is 46.2 Å². The van der Waals surface area contributed by atoms with Gasteiger partial charge in [0, 0.05) is 22.5 Å². The number of hydrogen-bond donors (Lipinski definition) is 1. The van der Waals surface area contributed by atoms with E-state index in [-0.39, 0.29) is 17.6 Å². The highest BCUT2D eigenvalue weighted by atomic mass is 32.1. The van der Waals surface area contributed by atoms with Gasteiger partial charge < -0.3 is 5.32 Å². The highest BCUT2D eigenvalue weighted by molar-refractivity contribution is 7.11. The number of thiazole rings is 1. The zero-order chi connectivity index (χ0) is 15.6. The number of rotatable bonds is 5. The van der Waals surface area contributed by atoms with Crippen LogP contribution in [0.3, 0.4) is 0 Å². The van der Waals surface area contributed by atoms with Gasteiger partial charge in [-0.3, -0.25) is 0 Å². The lowest BCUT2D eigenvalue weighted by Gasteiger charge is -2.20. The van der Waals surface area contributed by atoms with Crippen LogP contribution < -0.4 is 5.32 Å². The van der Waals surface area contributed by atoms with E-state index < -0.39 is 11.6 Å². The van der Waals surface area contributed by atoms with Crippen molar-refractivity contribution in [3.8, 4) is 0 Å². The van der Waals surface area contributed by atoms with Crippen molar-refractivity contribution in [3.05, 3.63) is 51.0 Å². The molecular formula is C16H20F2N2S. The average molecular weight is 310 g/mol. The predicted molar refractivity (Wildman–Crippen MR) is 82.7 cm³/mol. The maximum atomic E-state index is 13.7. The molecule has 0 bridgehead atoms. The minimum Gasteiger partial charge on any atom is -0.306 e. The Morgan fingerprint density at radius 2 is 1.81 bits per heavy atom. The van der Waals surface area contributed by atoms with Crippen LogP contribution in [0.2, 0.25) is 0 Å². The van der Waals surface area contributed by atoms with Crippen LogP contribution in [0, 0.1) is 25.5 Å². The Hall–Kier alpha value is -1.33. The molecule has 2 rings (SSSR count). The molecule has 1 aromatic heterocycles. The molecule has 0 aliphatic rings. The second-order valence-electron chi connectivity index (χ2n) is 5.37. The summed E-state index contributed by atoms with van der Waals surface area (Å²) in [5.41, 5.74) is 1.15. The minimum atomic E-state index is -0.489. The maximum absolute atomic E-state index is 13.7. The van der Waals surface area contributed by atoms with Crippen LogP contribution in [0.15, 0.2) is 18.2 Å². The molecule has 1 N–H and O–H groups in total. The number of aromatic nitrogens is 1. The summed E-state index contributed by atoms with van der Waals surface area (Å²) in [7, 11) is 0. The summed E-state index contributed by atoms with van der Waals surface area (Å²) in [5, 5.41) is 4.40. The Morgan fingerprint density at radius 1 is 1.19 bits per heavy atom. The number of nitrogens with zero attached hydrogens (tertiary/aromatic N) is 1. The molecule has 21 heavy (non-hydrogen) atoms. The van der Waals surface area contributed by atoms with Crippen LogP contribution in [0.1, 0.15) is 41.0 Å². The van der Waals surface area contributed by atoms with Gasteiger partial charge in [0.05, 0.1) is 10.7 Å². The van der Waals surface area contributed by atoms with Crippen molar-refractivity contribution in [1.82, 2.24) is 10.3 Å². The number of nitrogens with one attached hydrogen (secondary N) is 1. The van der Waals surface area contributed by atoms with Crippen molar-refractivity contribution >= 4 is 11.3 Å². The van der Waals surface area contributed by atoms with E-state index in [9.17, 15) is 8.78 Å². The van der Waals surface area contributed by atoms with Crippen LogP contribution >= 0.6 is 11.3 Å². The summed E-state index contributed by atoms with van der Waals surface area (Å²) in [4.78, 5) is 5.69. The standard InChI is InChI=1S/C16H20F2N2S/c1-9(8-13-14(17)6-5-7-15(13)18)19-10(2)16-11(3)21-12(4)20-16/h5-7,9-10,19H,8H2,1-4H3. The van der Waals surface area contributed by atoms with Crippen molar-refractivity contribution in [1.29, 1.82) is 0 Å². The minimum absolute atomic E-state index is 0.0483. The van der Waals surface area contributed by atoms with E-state index in [2.05, 4.69) is 10.3 Å². The molecule has 0 spiro atoms. The van der Waals surface area contributed by atoms with Gasteiger partial charge in [-0.25, -0.2) is 13.8 Å². The van der Waals surface area contributed by atoms with Crippen LogP contribution in [-0.2, 0) is 6.42 Å². The summed E-state index contributed by atoms with van der Waals surface area (Å²) in [5.74, 6) is -0.978. The Kier molecular flexibility index (Phi) is 5.06. The lowest BCUT2D eigenvalue weighted by molar-refractivity contribution is 0.452. The third-order valence-corrected chi connectivity index (χ3v) is 4.36. The predicted octanol–water partition coefficient (Wildman–Crippen LogP) is 4.32. The second-order valence-corrected chi connectivity index (χ2v) is 6.78. The second kappa shape index (κ2) is 6.62. The van der Waals surface area contributed by atoms with Gasteiger partial charge in [0.2, 0.25) is 0 Å². The van der Waals surface area contributed by atoms with Gasteiger partial charge in [-0.2, -0.15) is 0 Å². The molecule has 2 unspecified atom stereocenters. The summed E-state index contributed by atoms with van der Waals surface area (Å²) in [6.45, 7) is 7.97. The first kappa shape index (κ1) is 16.0. The van der Waals surface area contributed by atoms with Gasteiger partial charge in [0.25, 0.3) is 0 Å². The fourth-order valence-corrected chi connectivity index (χ4v) is 3.46. The number of benzene rings is 1. The zero-order valence-corrected chi connectivity index (χ0v) is 13.5. The number of aryl methyl sites for hydroxylation is 2. The van der Waals surface area contributed by atoms with Crippen LogP contribution in [0.4, 0.5) is 8.78 Å². The Bertz CT molecular complexity index is 604. The van der Waals surface area contributed by atoms with E-state index in [1.807, 2.05) is 27.7 Å². The maximum Gasteiger partial charge on any atom is 0.129 e. The Labute approximate surface area is 128 Å². The average Bonchev–Trinajstić information content (AvgIpc) is 2.73. The van der Waals surface area contributed by atoms with E-state index in [1.165, 1.54) is 23.1 Å². The molecule has 0 saturated heterocycles. The lowest BCUT2D eigenvalue weighted by Crippen LogP contribution is -2.31. The highest BCUT2D eigenvalue weighted by Gasteiger charge is 2.17. The first-order valence-electron chi connectivity index (χ1n) is 7.01. The van der Waals surface area contributed by atoms with Gasteiger partial charge in [0.15, 0.2) is 0 Å². The van der Waals surface area contributed by atoms with E-state index in [4.69, 9.17) is 0 Å². The molecule has 114 valence electrons. The van der Waals surface area contributed by atoms with Crippen molar-refractivity contribution in [2.24, 2.45) is 0 Å². The molecule has 0 aliphatic carbocycles. The van der Waals surface area contributed by atoms with E-state index in [1.54, 1.807) is 11.3 Å². The van der Waals surface area contributed by atoms with Crippen molar-refractivity contribution < 1.29 is 8.78 Å². The first-order chi connectivity index (χ1) is 9.88. The summed E-state index contributed by atoms with van der Waals surface area (Å²) in [6.07, 6.45) is 0.311. The molecule has 1 heterocycles. The summed E-state index contributed by atoms with van der Waals surface area (Å²) >= 11 is 1.66. The van der Waals surface area contributed by atoms with Gasteiger partial charge >= 0.3 is 0 Å². The molecule has 0 aliphatic heterocycles. The van der Waals surface area contributed by atoms with E-state index in [0.717, 1.165) is 10.7 Å². The topological polar surface area (TPSA) is 24.9 Å². The van der Waals surface area contributed by atoms with Crippen LogP contribution in [0.5, 0.6) is 0 Å². The SMILES string of the molecule is Cc1nc(C(C)NC(C)Cc2c(F)cccc2F)c(C)s1. The van der Waals surface area contributed by atoms with E-state index >= 15 is 0 Å². The smallest absolute Gasteiger partial charge is 0.129 e. The largest absolute Gasteiger partial charge is 0.306 e. The summed E-state index contributed by atoms with van der Waals surface area (Å²) in [6, 6.07) is 3.98. The third kappa shape index (κ3) is 3.86. The highest BCUT2D eigenvalue weighted by Crippen LogP contribution is 2.23. The molecule has 2 atom stereocenters. The molecular weight excluding hydrogens is 290 g/mol. The molecule has 0 amide bonds. The normalized spacial score (nSPS) is 14.2. The van der Waals surface area contributed by atoms with Crippen molar-refractivity contribution in [2.45, 2.75) is 46.2 Å². The van der Waals surface area contributed by atoms with Gasteiger partial charge in [0.1, 0.15) is 11.6 Å². The molecule has 2 aromatic rings. The lowest BCUT2D eigenvalue weighted by atomic mass is 10.0. The van der Waals surface area contributed by atoms with Crippen molar-refractivity contribution in [3.63, 3.8) is 0 Å². The van der Waals surface area contributed by atoms with Crippen molar-refractivity contribution in [2.75, 3.05) is 0 Å². The Morgan fingerprint density at radius 3 is 2.33 bits per heavy atom. The Balaban J connectivity index is 2.05. The van der Waals surface area contributed by atoms with Crippen LogP contribution in [0.25, 0.3) is 0 Å². The van der Waals surface area contributed by atoms with Crippen LogP contribution in [-0.4, -0.2) is 11.0 Å². The number of halogens is 2. The first-order valence-corrected chi connectivity index (χ1v) is 7.83. The monoisotopic (exact) mass is 310 g/mol. The molecule has 1 aromatic carbocycles. The van der Waals surface area contributed by atoms with Gasteiger partial charge in [-0.15, -0.1) is 11.3 Å². The fourth-order valence-electron chi connectivity index (χ4n) is 2.54. The molecule has 2 nitrogen and oxygen atoms in total. The molecule has 0 saturated carbocycles. The quantitative estimate of drug-likeness (QED) is 0.889. The van der Waals surface area contributed by atoms with Gasteiger partial charge in [-0.1, -0.05) is 6.07 Å². The fraction of sp³-hybridized carbons (Fsp3) is 0.438. The molecule has 0 fully saturated rings. The summed E-state index contributed by atoms with van der Waals surface area (Å²) < 4.78 is 27.3. The molecule has 0 radical (unpaired) electrons. The third-order valence-electron chi connectivity index (χ3n) is 3.46. The zero-order valence-electron chi connectivity index (χ0n) is 12.7.